The number of nitro groups is 1. The van der Waals surface area contributed by atoms with E-state index in [2.05, 4.69) is 5.32 Å². The number of aryl methyl sites for hydroxylation is 1. The summed E-state index contributed by atoms with van der Waals surface area (Å²) in [5, 5.41) is 23.4. The topological polar surface area (TPSA) is 118 Å². The number of carbonyl (C=O) groups excluding carboxylic acids is 1. The van der Waals surface area contributed by atoms with Gasteiger partial charge in [0.15, 0.2) is 0 Å². The number of amides is 1. The number of carbonyl (C=O) groups is 1. The molecule has 1 aliphatic rings. The Kier molecular flexibility index (Phi) is 4.97. The van der Waals surface area contributed by atoms with Gasteiger partial charge in [-0.15, -0.1) is 0 Å². The fourth-order valence-corrected chi connectivity index (χ4v) is 2.90. The Morgan fingerprint density at radius 1 is 1.50 bits per heavy atom. The summed E-state index contributed by atoms with van der Waals surface area (Å²) in [5.74, 6) is -0.182. The van der Waals surface area contributed by atoms with Gasteiger partial charge in [0.2, 0.25) is 0 Å². The summed E-state index contributed by atoms with van der Waals surface area (Å²) in [6, 6.07) is 2.90. The van der Waals surface area contributed by atoms with Crippen molar-refractivity contribution in [2.24, 2.45) is 5.92 Å². The minimum atomic E-state index is -0.587. The molecule has 0 bridgehead atoms. The highest BCUT2D eigenvalue weighted by molar-refractivity contribution is 6.01. The summed E-state index contributed by atoms with van der Waals surface area (Å²) < 4.78 is 0. The predicted octanol–water partition coefficient (Wildman–Crippen LogP) is 1.77. The average molecular weight is 307 g/mol. The fraction of sp³-hybridized carbons (Fsp3) is 0.533. The van der Waals surface area contributed by atoms with Crippen LogP contribution in [0.15, 0.2) is 12.1 Å². The third kappa shape index (κ3) is 3.73. The maximum atomic E-state index is 12.2. The van der Waals surface area contributed by atoms with Crippen LogP contribution >= 0.6 is 0 Å². The van der Waals surface area contributed by atoms with Crippen molar-refractivity contribution in [2.75, 3.05) is 12.3 Å². The summed E-state index contributed by atoms with van der Waals surface area (Å²) in [4.78, 5) is 22.6. The summed E-state index contributed by atoms with van der Waals surface area (Å²) >= 11 is 0. The largest absolute Gasteiger partial charge is 0.393 e. The van der Waals surface area contributed by atoms with Crippen LogP contribution in [0.2, 0.25) is 0 Å². The van der Waals surface area contributed by atoms with Crippen LogP contribution in [-0.2, 0) is 0 Å². The summed E-state index contributed by atoms with van der Waals surface area (Å²) in [7, 11) is 0. The minimum absolute atomic E-state index is 0.114. The first kappa shape index (κ1) is 16.2. The number of hydrogen-bond acceptors (Lipinski definition) is 5. The molecule has 120 valence electrons. The molecule has 0 spiro atoms. The minimum Gasteiger partial charge on any atom is -0.393 e. The first-order valence-electron chi connectivity index (χ1n) is 7.39. The van der Waals surface area contributed by atoms with Gasteiger partial charge in [-0.05, 0) is 43.7 Å². The Labute approximate surface area is 128 Å². The van der Waals surface area contributed by atoms with Gasteiger partial charge in [-0.3, -0.25) is 14.9 Å². The molecule has 1 aromatic rings. The van der Waals surface area contributed by atoms with Crippen molar-refractivity contribution in [2.45, 2.75) is 38.7 Å². The molecule has 0 radical (unpaired) electrons. The Morgan fingerprint density at radius 2 is 2.23 bits per heavy atom. The molecule has 22 heavy (non-hydrogen) atoms. The molecular weight excluding hydrogens is 286 g/mol. The van der Waals surface area contributed by atoms with Crippen LogP contribution in [0.1, 0.15) is 41.6 Å². The third-order valence-corrected chi connectivity index (χ3v) is 4.05. The van der Waals surface area contributed by atoms with Crippen molar-refractivity contribution >= 4 is 17.3 Å². The molecule has 0 heterocycles. The molecule has 2 unspecified atom stereocenters. The number of nitrogen functional groups attached to an aromatic ring is 1. The Hall–Kier alpha value is -2.15. The highest BCUT2D eigenvalue weighted by Crippen LogP contribution is 2.27. The van der Waals surface area contributed by atoms with E-state index in [0.717, 1.165) is 19.3 Å². The number of hydrogen-bond donors (Lipinski definition) is 3. The van der Waals surface area contributed by atoms with Gasteiger partial charge in [0.1, 0.15) is 5.69 Å². The van der Waals surface area contributed by atoms with Crippen molar-refractivity contribution in [1.82, 2.24) is 5.32 Å². The summed E-state index contributed by atoms with van der Waals surface area (Å²) in [6.45, 7) is 2.12. The van der Waals surface area contributed by atoms with E-state index in [1.165, 1.54) is 6.07 Å². The van der Waals surface area contributed by atoms with E-state index in [0.29, 0.717) is 18.5 Å². The second-order valence-corrected chi connectivity index (χ2v) is 5.90. The van der Waals surface area contributed by atoms with Gasteiger partial charge in [-0.25, -0.2) is 0 Å². The van der Waals surface area contributed by atoms with Crippen LogP contribution in [-0.4, -0.2) is 28.6 Å². The highest BCUT2D eigenvalue weighted by atomic mass is 16.6. The van der Waals surface area contributed by atoms with Crippen LogP contribution in [0.3, 0.4) is 0 Å². The van der Waals surface area contributed by atoms with Gasteiger partial charge >= 0.3 is 0 Å². The lowest BCUT2D eigenvalue weighted by molar-refractivity contribution is -0.384. The molecule has 7 nitrogen and oxygen atoms in total. The van der Waals surface area contributed by atoms with E-state index < -0.39 is 10.8 Å². The molecule has 1 fully saturated rings. The average Bonchev–Trinajstić information content (AvgIpc) is 2.46. The fourth-order valence-electron chi connectivity index (χ4n) is 2.90. The lowest BCUT2D eigenvalue weighted by atomic mass is 9.87. The van der Waals surface area contributed by atoms with Crippen molar-refractivity contribution < 1.29 is 14.8 Å². The number of aliphatic hydroxyl groups excluding tert-OH is 1. The molecule has 0 aliphatic heterocycles. The normalized spacial score (nSPS) is 21.4. The lowest BCUT2D eigenvalue weighted by Crippen LogP contribution is -2.33. The molecule has 1 aliphatic carbocycles. The van der Waals surface area contributed by atoms with Gasteiger partial charge in [-0.2, -0.15) is 0 Å². The molecule has 0 saturated heterocycles. The van der Waals surface area contributed by atoms with E-state index in [4.69, 9.17) is 5.73 Å². The van der Waals surface area contributed by atoms with Gasteiger partial charge in [0, 0.05) is 12.6 Å². The molecule has 0 aromatic heterocycles. The first-order chi connectivity index (χ1) is 10.4. The van der Waals surface area contributed by atoms with Gasteiger partial charge in [0.05, 0.1) is 16.6 Å². The number of aliphatic hydroxyl groups is 1. The Bertz CT molecular complexity index is 588. The van der Waals surface area contributed by atoms with Crippen LogP contribution in [0.5, 0.6) is 0 Å². The van der Waals surface area contributed by atoms with E-state index in [1.54, 1.807) is 13.0 Å². The summed E-state index contributed by atoms with van der Waals surface area (Å²) in [6.07, 6.45) is 3.08. The number of nitrogens with one attached hydrogen (secondary N) is 1. The Morgan fingerprint density at radius 3 is 2.86 bits per heavy atom. The van der Waals surface area contributed by atoms with Crippen molar-refractivity contribution in [3.8, 4) is 0 Å². The number of nitro benzene ring substituents is 1. The van der Waals surface area contributed by atoms with E-state index in [1.807, 2.05) is 0 Å². The third-order valence-electron chi connectivity index (χ3n) is 4.05. The lowest BCUT2D eigenvalue weighted by Gasteiger charge is -2.26. The van der Waals surface area contributed by atoms with Crippen LogP contribution in [0.25, 0.3) is 0 Å². The van der Waals surface area contributed by atoms with E-state index >= 15 is 0 Å². The zero-order chi connectivity index (χ0) is 16.3. The van der Waals surface area contributed by atoms with E-state index in [9.17, 15) is 20.0 Å². The number of nitrogens with zero attached hydrogens (tertiary/aromatic N) is 1. The van der Waals surface area contributed by atoms with Crippen molar-refractivity contribution in [3.05, 3.63) is 33.4 Å². The van der Waals surface area contributed by atoms with Crippen molar-refractivity contribution in [1.29, 1.82) is 0 Å². The number of anilines is 1. The smallest absolute Gasteiger partial charge is 0.293 e. The molecule has 4 N–H and O–H groups in total. The molecule has 1 amide bonds. The maximum Gasteiger partial charge on any atom is 0.293 e. The second-order valence-electron chi connectivity index (χ2n) is 5.90. The predicted molar refractivity (Wildman–Crippen MR) is 82.5 cm³/mol. The van der Waals surface area contributed by atoms with Crippen LogP contribution in [0, 0.1) is 23.0 Å². The standard InChI is InChI=1S/C15H21N3O4/c1-9-5-12(14(16)13(6-9)18(21)22)15(20)17-8-10-3-2-4-11(19)7-10/h5-6,10-11,19H,2-4,7-8,16H2,1H3,(H,17,20). The molecule has 2 atom stereocenters. The molecular formula is C15H21N3O4. The van der Waals surface area contributed by atoms with E-state index in [-0.39, 0.29) is 29.0 Å². The number of nitrogens with two attached hydrogens (primary N) is 1. The highest BCUT2D eigenvalue weighted by Gasteiger charge is 2.23. The summed E-state index contributed by atoms with van der Waals surface area (Å²) in [5.41, 5.74) is 6.11. The Balaban J connectivity index is 2.08. The molecule has 7 heteroatoms. The van der Waals surface area contributed by atoms with Crippen LogP contribution < -0.4 is 11.1 Å². The zero-order valence-corrected chi connectivity index (χ0v) is 12.5. The van der Waals surface area contributed by atoms with Crippen molar-refractivity contribution in [3.63, 3.8) is 0 Å². The SMILES string of the molecule is Cc1cc(C(=O)NCC2CCCC(O)C2)c(N)c([N+](=O)[O-])c1. The molecule has 2 rings (SSSR count). The quantitative estimate of drug-likeness (QED) is 0.445. The number of benzene rings is 1. The van der Waals surface area contributed by atoms with Gasteiger partial charge < -0.3 is 16.2 Å². The molecule has 1 saturated carbocycles. The second kappa shape index (κ2) is 6.74. The van der Waals surface area contributed by atoms with Gasteiger partial charge in [0.25, 0.3) is 11.6 Å². The van der Waals surface area contributed by atoms with Crippen LogP contribution in [0.4, 0.5) is 11.4 Å². The molecule has 1 aromatic carbocycles. The number of rotatable bonds is 4. The van der Waals surface area contributed by atoms with Gasteiger partial charge in [-0.1, -0.05) is 6.42 Å². The first-order valence-corrected chi connectivity index (χ1v) is 7.39. The monoisotopic (exact) mass is 307 g/mol. The maximum absolute atomic E-state index is 12.2. The zero-order valence-electron chi connectivity index (χ0n) is 12.5.